The summed E-state index contributed by atoms with van der Waals surface area (Å²) in [4.78, 5) is 11.4. The highest BCUT2D eigenvalue weighted by atomic mass is 32.2. The Hall–Kier alpha value is -2.42. The number of nitrogens with one attached hydrogen (secondary N) is 1. The van der Waals surface area contributed by atoms with Gasteiger partial charge in [-0.05, 0) is 12.1 Å². The van der Waals surface area contributed by atoms with Crippen LogP contribution in [0.15, 0.2) is 42.7 Å². The lowest BCUT2D eigenvalue weighted by molar-refractivity contribution is 0.243. The number of nitrogens with zero attached hydrogens (tertiary/aromatic N) is 3. The number of carbonyl (C=O) groups is 1. The van der Waals surface area contributed by atoms with E-state index in [0.717, 1.165) is 4.68 Å². The molecule has 9 heteroatoms. The third kappa shape index (κ3) is 3.04. The number of benzene rings is 1. The average molecular weight is 268 g/mol. The maximum atomic E-state index is 11.5. The fourth-order valence-corrected chi connectivity index (χ4v) is 1.81. The average Bonchev–Trinajstić information content (AvgIpc) is 2.82. The van der Waals surface area contributed by atoms with E-state index in [1.54, 1.807) is 22.9 Å². The van der Waals surface area contributed by atoms with Crippen molar-refractivity contribution in [1.29, 1.82) is 0 Å². The highest BCUT2D eigenvalue weighted by molar-refractivity contribution is 7.85. The lowest BCUT2D eigenvalue weighted by atomic mass is 10.3. The highest BCUT2D eigenvalue weighted by Gasteiger charge is 2.18. The summed E-state index contributed by atoms with van der Waals surface area (Å²) in [6.45, 7) is 0. The Morgan fingerprint density at radius 2 is 2.00 bits per heavy atom. The van der Waals surface area contributed by atoms with Crippen molar-refractivity contribution in [3.8, 4) is 5.75 Å². The molecule has 0 aliphatic heterocycles. The summed E-state index contributed by atoms with van der Waals surface area (Å²) in [7, 11) is -4.25. The van der Waals surface area contributed by atoms with E-state index in [4.69, 9.17) is 0 Å². The molecule has 1 aromatic carbocycles. The monoisotopic (exact) mass is 268 g/mol. The zero-order chi connectivity index (χ0) is 13.0. The second-order valence-corrected chi connectivity index (χ2v) is 4.38. The SMILES string of the molecule is O=C(NS(=O)(=O)Oc1ccccc1)n1ccnn1. The Kier molecular flexibility index (Phi) is 3.24. The van der Waals surface area contributed by atoms with Crippen molar-refractivity contribution in [2.75, 3.05) is 0 Å². The minimum atomic E-state index is -4.25. The molecule has 0 bridgehead atoms. The molecule has 0 saturated carbocycles. The third-order valence-corrected chi connectivity index (χ3v) is 2.63. The molecule has 1 aromatic heterocycles. The zero-order valence-corrected chi connectivity index (χ0v) is 9.74. The molecule has 0 fully saturated rings. The van der Waals surface area contributed by atoms with E-state index in [2.05, 4.69) is 14.5 Å². The smallest absolute Gasteiger partial charge is 0.367 e. The van der Waals surface area contributed by atoms with Crippen molar-refractivity contribution >= 4 is 16.3 Å². The topological polar surface area (TPSA) is 103 Å². The van der Waals surface area contributed by atoms with Gasteiger partial charge in [0.2, 0.25) is 0 Å². The van der Waals surface area contributed by atoms with Crippen LogP contribution in [-0.4, -0.2) is 29.4 Å². The van der Waals surface area contributed by atoms with Gasteiger partial charge in [0.25, 0.3) is 0 Å². The van der Waals surface area contributed by atoms with Gasteiger partial charge in [0, 0.05) is 0 Å². The molecule has 1 heterocycles. The van der Waals surface area contributed by atoms with E-state index in [0.29, 0.717) is 0 Å². The van der Waals surface area contributed by atoms with Gasteiger partial charge in [0.15, 0.2) is 0 Å². The van der Waals surface area contributed by atoms with Gasteiger partial charge in [-0.2, -0.15) is 17.8 Å². The molecule has 0 unspecified atom stereocenters. The molecule has 2 aromatic rings. The normalized spacial score (nSPS) is 10.9. The van der Waals surface area contributed by atoms with E-state index in [9.17, 15) is 13.2 Å². The van der Waals surface area contributed by atoms with Crippen molar-refractivity contribution in [3.05, 3.63) is 42.7 Å². The number of para-hydroxylation sites is 1. The van der Waals surface area contributed by atoms with Crippen LogP contribution in [0.25, 0.3) is 0 Å². The van der Waals surface area contributed by atoms with Crippen LogP contribution in [0, 0.1) is 0 Å². The first-order chi connectivity index (χ1) is 8.57. The molecule has 94 valence electrons. The molecule has 0 radical (unpaired) electrons. The largest absolute Gasteiger partial charge is 0.411 e. The van der Waals surface area contributed by atoms with Gasteiger partial charge >= 0.3 is 16.3 Å². The van der Waals surface area contributed by atoms with Crippen molar-refractivity contribution in [2.24, 2.45) is 0 Å². The Bertz CT molecular complexity index is 624. The first-order valence-electron chi connectivity index (χ1n) is 4.75. The van der Waals surface area contributed by atoms with Crippen LogP contribution in [0.4, 0.5) is 4.79 Å². The molecule has 0 aliphatic carbocycles. The lowest BCUT2D eigenvalue weighted by Crippen LogP contribution is -2.37. The predicted octanol–water partition coefficient (Wildman–Crippen LogP) is 0.160. The molecule has 0 saturated heterocycles. The van der Waals surface area contributed by atoms with Crippen LogP contribution in [0.3, 0.4) is 0 Å². The highest BCUT2D eigenvalue weighted by Crippen LogP contribution is 2.10. The number of hydrogen-bond donors (Lipinski definition) is 1. The summed E-state index contributed by atoms with van der Waals surface area (Å²) < 4.78 is 30.0. The lowest BCUT2D eigenvalue weighted by Gasteiger charge is -2.07. The molecule has 0 aliphatic rings. The summed E-state index contributed by atoms with van der Waals surface area (Å²) in [6, 6.07) is 6.81. The maximum Gasteiger partial charge on any atom is 0.411 e. The van der Waals surface area contributed by atoms with E-state index in [1.807, 2.05) is 0 Å². The summed E-state index contributed by atoms with van der Waals surface area (Å²) in [5.41, 5.74) is 0. The first kappa shape index (κ1) is 12.0. The number of hydrogen-bond acceptors (Lipinski definition) is 6. The fraction of sp³-hybridized carbons (Fsp3) is 0. The summed E-state index contributed by atoms with van der Waals surface area (Å²) in [5, 5.41) is 6.72. The Labute approximate surface area is 102 Å². The van der Waals surface area contributed by atoms with Crippen molar-refractivity contribution < 1.29 is 17.4 Å². The van der Waals surface area contributed by atoms with E-state index in [-0.39, 0.29) is 5.75 Å². The van der Waals surface area contributed by atoms with Gasteiger partial charge in [-0.15, -0.1) is 5.10 Å². The molecule has 1 amide bonds. The Morgan fingerprint density at radius 1 is 1.28 bits per heavy atom. The van der Waals surface area contributed by atoms with Crippen molar-refractivity contribution in [2.45, 2.75) is 0 Å². The molecular formula is C9H8N4O4S. The van der Waals surface area contributed by atoms with Gasteiger partial charge in [-0.3, -0.25) is 0 Å². The van der Waals surface area contributed by atoms with E-state index < -0.39 is 16.3 Å². The van der Waals surface area contributed by atoms with Crippen LogP contribution in [0.1, 0.15) is 0 Å². The van der Waals surface area contributed by atoms with Crippen LogP contribution >= 0.6 is 0 Å². The summed E-state index contributed by atoms with van der Waals surface area (Å²) in [6.07, 6.45) is 2.44. The van der Waals surface area contributed by atoms with Crippen molar-refractivity contribution in [3.63, 3.8) is 0 Å². The van der Waals surface area contributed by atoms with Crippen LogP contribution < -0.4 is 8.91 Å². The Morgan fingerprint density at radius 3 is 2.61 bits per heavy atom. The molecule has 2 rings (SSSR count). The standard InChI is InChI=1S/C9H8N4O4S/c14-9(13-7-6-10-12-13)11-18(15,16)17-8-4-2-1-3-5-8/h1-7H,(H,11,14). The van der Waals surface area contributed by atoms with Crippen molar-refractivity contribution in [1.82, 2.24) is 19.7 Å². The van der Waals surface area contributed by atoms with Crippen LogP contribution in [0.5, 0.6) is 5.75 Å². The second kappa shape index (κ2) is 4.84. The fourth-order valence-electron chi connectivity index (χ4n) is 1.09. The predicted molar refractivity (Wildman–Crippen MR) is 59.9 cm³/mol. The maximum absolute atomic E-state index is 11.5. The van der Waals surface area contributed by atoms with Crippen LogP contribution in [0.2, 0.25) is 0 Å². The van der Waals surface area contributed by atoms with Gasteiger partial charge in [-0.1, -0.05) is 23.4 Å². The summed E-state index contributed by atoms with van der Waals surface area (Å²) >= 11 is 0. The molecule has 8 nitrogen and oxygen atoms in total. The number of rotatable bonds is 3. The van der Waals surface area contributed by atoms with E-state index in [1.165, 1.54) is 24.5 Å². The molecule has 0 atom stereocenters. The second-order valence-electron chi connectivity index (χ2n) is 3.11. The first-order valence-corrected chi connectivity index (χ1v) is 6.15. The zero-order valence-electron chi connectivity index (χ0n) is 8.92. The molecule has 1 N–H and O–H groups in total. The van der Waals surface area contributed by atoms with Gasteiger partial charge < -0.3 is 4.18 Å². The Balaban J connectivity index is 2.07. The van der Waals surface area contributed by atoms with E-state index >= 15 is 0 Å². The number of carbonyl (C=O) groups excluding carboxylic acids is 1. The van der Waals surface area contributed by atoms with Gasteiger partial charge in [0.1, 0.15) is 5.75 Å². The quantitative estimate of drug-likeness (QED) is 0.850. The van der Waals surface area contributed by atoms with Crippen LogP contribution in [-0.2, 0) is 10.3 Å². The number of aromatic nitrogens is 3. The van der Waals surface area contributed by atoms with Gasteiger partial charge in [-0.25, -0.2) is 4.79 Å². The number of amides is 1. The minimum Gasteiger partial charge on any atom is -0.367 e. The summed E-state index contributed by atoms with van der Waals surface area (Å²) in [5.74, 6) is 0.0939. The third-order valence-electron chi connectivity index (χ3n) is 1.79. The minimum absolute atomic E-state index is 0.0939. The molecular weight excluding hydrogens is 260 g/mol. The molecule has 0 spiro atoms. The molecule has 18 heavy (non-hydrogen) atoms. The van der Waals surface area contributed by atoms with Gasteiger partial charge in [0.05, 0.1) is 12.4 Å².